The highest BCUT2D eigenvalue weighted by molar-refractivity contribution is 7.19. The van der Waals surface area contributed by atoms with Gasteiger partial charge in [0.05, 0.1) is 6.61 Å². The molecule has 1 aliphatic carbocycles. The Hall–Kier alpha value is -2.09. The molecule has 2 aromatic carbocycles. The fourth-order valence-electron chi connectivity index (χ4n) is 4.31. The monoisotopic (exact) mass is 424 g/mol. The van der Waals surface area contributed by atoms with E-state index in [9.17, 15) is 20.1 Å². The van der Waals surface area contributed by atoms with E-state index in [0.29, 0.717) is 5.92 Å². The molecule has 5 rings (SSSR count). The predicted molar refractivity (Wildman–Crippen MR) is 115 cm³/mol. The number of thiophene rings is 1. The number of rotatable bonds is 5. The normalized spacial score (nSPS) is 27.0. The summed E-state index contributed by atoms with van der Waals surface area (Å²) < 4.78 is 7.03. The molecule has 0 bridgehead atoms. The highest BCUT2D eigenvalue weighted by Gasteiger charge is 2.45. The fourth-order valence-corrected chi connectivity index (χ4v) is 5.41. The van der Waals surface area contributed by atoms with E-state index in [1.165, 1.54) is 15.0 Å². The molecule has 6 heteroatoms. The zero-order chi connectivity index (χ0) is 20.8. The van der Waals surface area contributed by atoms with Crippen molar-refractivity contribution >= 4 is 27.2 Å². The summed E-state index contributed by atoms with van der Waals surface area (Å²) in [4.78, 5) is 13.3. The Balaban J connectivity index is 1.49. The van der Waals surface area contributed by atoms with E-state index in [2.05, 4.69) is 30.3 Å². The maximum Gasteiger partial charge on any atom is 0.195 e. The van der Waals surface area contributed by atoms with Crippen LogP contribution in [-0.4, -0.2) is 46.0 Å². The van der Waals surface area contributed by atoms with Crippen LogP contribution in [0.1, 0.15) is 46.4 Å². The van der Waals surface area contributed by atoms with Crippen molar-refractivity contribution in [3.63, 3.8) is 0 Å². The quantitative estimate of drug-likeness (QED) is 0.586. The Labute approximate surface area is 178 Å². The van der Waals surface area contributed by atoms with Crippen molar-refractivity contribution in [3.8, 4) is 0 Å². The van der Waals surface area contributed by atoms with E-state index in [-0.39, 0.29) is 0 Å². The molecule has 2 heterocycles. The number of Topliss-reactive ketones (excluding diaryl/α,β-unsaturated/α-hetero) is 1. The van der Waals surface area contributed by atoms with Gasteiger partial charge in [0.2, 0.25) is 0 Å². The molecule has 4 atom stereocenters. The molecule has 1 aliphatic heterocycles. The SMILES string of the molecule is O=C1C(CO)OC(c2cc(Cc3cc4ccccc4s3)ccc2C2CC2)[C@H](O)C1O. The number of carbonyl (C=O) groups excluding carboxylic acids is 1. The minimum absolute atomic E-state index is 0.413. The van der Waals surface area contributed by atoms with Gasteiger partial charge in [0.1, 0.15) is 24.4 Å². The van der Waals surface area contributed by atoms with Crippen LogP contribution in [0, 0.1) is 0 Å². The van der Waals surface area contributed by atoms with Crippen molar-refractivity contribution in [1.29, 1.82) is 0 Å². The fraction of sp³-hybridized carbons (Fsp3) is 0.375. The Kier molecular flexibility index (Phi) is 5.21. The van der Waals surface area contributed by atoms with Crippen molar-refractivity contribution in [1.82, 2.24) is 0 Å². The molecular weight excluding hydrogens is 400 g/mol. The van der Waals surface area contributed by atoms with Gasteiger partial charge in [-0.3, -0.25) is 4.79 Å². The first-order valence-electron chi connectivity index (χ1n) is 10.3. The second kappa shape index (κ2) is 7.87. The van der Waals surface area contributed by atoms with Gasteiger partial charge in [-0.1, -0.05) is 36.4 Å². The number of aliphatic hydroxyl groups is 3. The van der Waals surface area contributed by atoms with Gasteiger partial charge in [0, 0.05) is 16.0 Å². The Morgan fingerprint density at radius 3 is 2.57 bits per heavy atom. The highest BCUT2D eigenvalue weighted by atomic mass is 32.1. The molecule has 3 unspecified atom stereocenters. The minimum atomic E-state index is -1.56. The lowest BCUT2D eigenvalue weighted by Gasteiger charge is -2.36. The van der Waals surface area contributed by atoms with Crippen LogP contribution in [-0.2, 0) is 16.0 Å². The van der Waals surface area contributed by atoms with E-state index < -0.39 is 36.8 Å². The van der Waals surface area contributed by atoms with Crippen LogP contribution < -0.4 is 0 Å². The second-order valence-corrected chi connectivity index (χ2v) is 9.40. The van der Waals surface area contributed by atoms with E-state index >= 15 is 0 Å². The molecule has 1 aromatic heterocycles. The molecule has 0 amide bonds. The Morgan fingerprint density at radius 1 is 1.03 bits per heavy atom. The third-order valence-electron chi connectivity index (χ3n) is 6.05. The minimum Gasteiger partial charge on any atom is -0.393 e. The van der Waals surface area contributed by atoms with Crippen LogP contribution in [0.5, 0.6) is 0 Å². The van der Waals surface area contributed by atoms with Crippen molar-refractivity contribution in [2.24, 2.45) is 0 Å². The highest BCUT2D eigenvalue weighted by Crippen LogP contribution is 2.45. The molecule has 156 valence electrons. The largest absolute Gasteiger partial charge is 0.393 e. The maximum atomic E-state index is 12.1. The smallest absolute Gasteiger partial charge is 0.195 e. The van der Waals surface area contributed by atoms with E-state index in [1.54, 1.807) is 11.3 Å². The van der Waals surface area contributed by atoms with Crippen LogP contribution in [0.3, 0.4) is 0 Å². The number of hydrogen-bond acceptors (Lipinski definition) is 6. The van der Waals surface area contributed by atoms with Crippen LogP contribution in [0.15, 0.2) is 48.5 Å². The first-order valence-corrected chi connectivity index (χ1v) is 11.1. The third kappa shape index (κ3) is 3.59. The van der Waals surface area contributed by atoms with Gasteiger partial charge in [0.15, 0.2) is 5.78 Å². The number of fused-ring (bicyclic) bond motifs is 1. The predicted octanol–water partition coefficient (Wildman–Crippen LogP) is 3.09. The van der Waals surface area contributed by atoms with Crippen LogP contribution in [0.25, 0.3) is 10.1 Å². The third-order valence-corrected chi connectivity index (χ3v) is 7.17. The molecule has 2 aliphatic rings. The first-order chi connectivity index (χ1) is 14.5. The summed E-state index contributed by atoms with van der Waals surface area (Å²) >= 11 is 1.76. The molecule has 0 radical (unpaired) electrons. The van der Waals surface area contributed by atoms with Crippen LogP contribution in [0.4, 0.5) is 0 Å². The zero-order valence-corrected chi connectivity index (χ0v) is 17.2. The lowest BCUT2D eigenvalue weighted by Crippen LogP contribution is -2.52. The molecule has 3 N–H and O–H groups in total. The Bertz CT molecular complexity index is 1050. The summed E-state index contributed by atoms with van der Waals surface area (Å²) in [7, 11) is 0. The van der Waals surface area contributed by atoms with Crippen molar-refractivity contribution in [2.45, 2.75) is 49.6 Å². The lowest BCUT2D eigenvalue weighted by molar-refractivity contribution is -0.188. The molecule has 5 nitrogen and oxygen atoms in total. The van der Waals surface area contributed by atoms with Crippen molar-refractivity contribution in [3.05, 3.63) is 70.1 Å². The van der Waals surface area contributed by atoms with Gasteiger partial charge in [0.25, 0.3) is 0 Å². The van der Waals surface area contributed by atoms with E-state index in [1.807, 2.05) is 18.2 Å². The number of ketones is 1. The summed E-state index contributed by atoms with van der Waals surface area (Å²) in [5, 5.41) is 31.6. The van der Waals surface area contributed by atoms with Crippen molar-refractivity contribution < 1.29 is 24.9 Å². The topological polar surface area (TPSA) is 87.0 Å². The molecule has 30 heavy (non-hydrogen) atoms. The van der Waals surface area contributed by atoms with Crippen molar-refractivity contribution in [2.75, 3.05) is 6.61 Å². The van der Waals surface area contributed by atoms with E-state index in [4.69, 9.17) is 4.74 Å². The second-order valence-electron chi connectivity index (χ2n) is 8.23. The number of ether oxygens (including phenoxy) is 1. The van der Waals surface area contributed by atoms with Crippen LogP contribution >= 0.6 is 11.3 Å². The summed E-state index contributed by atoms with van der Waals surface area (Å²) in [5.74, 6) is -0.257. The number of hydrogen-bond donors (Lipinski definition) is 3. The zero-order valence-electron chi connectivity index (χ0n) is 16.4. The average molecular weight is 425 g/mol. The number of benzene rings is 2. The molecule has 2 fully saturated rings. The maximum absolute atomic E-state index is 12.1. The Morgan fingerprint density at radius 2 is 1.83 bits per heavy atom. The summed E-state index contributed by atoms with van der Waals surface area (Å²) in [6, 6.07) is 16.7. The van der Waals surface area contributed by atoms with E-state index in [0.717, 1.165) is 36.0 Å². The molecular formula is C24H24O5S. The van der Waals surface area contributed by atoms with Gasteiger partial charge >= 0.3 is 0 Å². The molecule has 1 saturated heterocycles. The first kappa shape index (κ1) is 19.8. The van der Waals surface area contributed by atoms with Gasteiger partial charge in [-0.2, -0.15) is 0 Å². The number of carbonyl (C=O) groups is 1. The molecule has 1 saturated carbocycles. The van der Waals surface area contributed by atoms with Gasteiger partial charge in [-0.15, -0.1) is 11.3 Å². The lowest BCUT2D eigenvalue weighted by atomic mass is 9.87. The van der Waals surface area contributed by atoms with Gasteiger partial charge < -0.3 is 20.1 Å². The molecule has 0 spiro atoms. The summed E-state index contributed by atoms with van der Waals surface area (Å²) in [5.41, 5.74) is 3.00. The number of aliphatic hydroxyl groups excluding tert-OH is 3. The van der Waals surface area contributed by atoms with Gasteiger partial charge in [-0.25, -0.2) is 0 Å². The summed E-state index contributed by atoms with van der Waals surface area (Å²) in [6.45, 7) is -0.515. The summed E-state index contributed by atoms with van der Waals surface area (Å²) in [6.07, 6.45) is -1.95. The average Bonchev–Trinajstić information content (AvgIpc) is 3.51. The standard InChI is InChI=1S/C24H24O5S/c25-12-19-21(26)22(27)23(28)24(29-19)18-10-13(5-8-17(18)14-6-7-14)9-16-11-15-3-1-2-4-20(15)30-16/h1-5,8,10-11,14,19,22-25,27-28H,6-7,9,12H2/t19?,22?,23-,24?/m1/s1. The molecule has 3 aromatic rings. The van der Waals surface area contributed by atoms with Crippen LogP contribution in [0.2, 0.25) is 0 Å². The van der Waals surface area contributed by atoms with Gasteiger partial charge in [-0.05, 0) is 53.0 Å².